The molecule has 0 unspecified atom stereocenters. The Morgan fingerprint density at radius 3 is 1.38 bits per heavy atom. The Kier molecular flexibility index (Phi) is 16.1. The minimum atomic E-state index is -0.314. The Morgan fingerprint density at radius 2 is 1.05 bits per heavy atom. The van der Waals surface area contributed by atoms with E-state index in [0.29, 0.717) is 35.8 Å². The average Bonchev–Trinajstić information content (AvgIpc) is 3.32. The van der Waals surface area contributed by atoms with Crippen LogP contribution in [0, 0.1) is 0 Å². The van der Waals surface area contributed by atoms with Crippen LogP contribution in [0.25, 0.3) is 11.4 Å². The molecule has 3 aromatic rings. The molecule has 0 aliphatic heterocycles. The maximum atomic E-state index is 7.63. The number of para-hydroxylation sites is 2. The van der Waals surface area contributed by atoms with Crippen LogP contribution in [-0.2, 0) is 0 Å². The van der Waals surface area contributed by atoms with Crippen LogP contribution in [0.1, 0.15) is 129 Å². The second-order valence-corrected chi connectivity index (χ2v) is 13.9. The van der Waals surface area contributed by atoms with E-state index in [1.54, 1.807) is 0 Å². The van der Waals surface area contributed by atoms with E-state index < -0.39 is 0 Å². The molecule has 1 heterocycles. The molecule has 1 aromatic heterocycles. The first-order valence-electron chi connectivity index (χ1n) is 15.1. The maximum Gasteiger partial charge on any atom is 0.467 e. The molecule has 8 heteroatoms. The van der Waals surface area contributed by atoms with Crippen molar-refractivity contribution in [3.8, 4) is 11.4 Å². The summed E-state index contributed by atoms with van der Waals surface area (Å²) in [6.07, 6.45) is 4.18. The Bertz CT molecular complexity index is 1110. The van der Waals surface area contributed by atoms with E-state index in [-0.39, 0.29) is 24.0 Å². The molecule has 234 valence electrons. The van der Waals surface area contributed by atoms with Gasteiger partial charge in [-0.15, -0.1) is 23.2 Å². The van der Waals surface area contributed by atoms with Crippen molar-refractivity contribution in [1.29, 1.82) is 0 Å². The van der Waals surface area contributed by atoms with Gasteiger partial charge in [0.1, 0.15) is 23.8 Å². The summed E-state index contributed by atoms with van der Waals surface area (Å²) in [4.78, 5) is 2.42. The number of benzene rings is 2. The fraction of sp³-hybridized carbons (Fsp3) is 0.559. The van der Waals surface area contributed by atoms with Gasteiger partial charge in [-0.1, -0.05) is 119 Å². The number of aromatic nitrogens is 2. The lowest BCUT2D eigenvalue weighted by molar-refractivity contribution is -0.577. The number of hydrogen-bond donors (Lipinski definition) is 0. The SMILES string of the molecule is CC(C)c1cccc(C(C)C)c1-n1cc[n+](-c2c(C(C)C)cccc2C(C)C)c1B(Cl)N(C(C)C)C(C)C.ClCCl.[Cl-]. The van der Waals surface area contributed by atoms with E-state index in [1.807, 2.05) is 0 Å². The van der Waals surface area contributed by atoms with E-state index in [0.717, 1.165) is 5.72 Å². The summed E-state index contributed by atoms with van der Waals surface area (Å²) in [6, 6.07) is 14.2. The summed E-state index contributed by atoms with van der Waals surface area (Å²) in [5.74, 6) is 1.56. The van der Waals surface area contributed by atoms with Gasteiger partial charge in [-0.05, 0) is 35.8 Å². The molecule has 3 nitrogen and oxygen atoms in total. The highest BCUT2D eigenvalue weighted by Crippen LogP contribution is 2.32. The van der Waals surface area contributed by atoms with Crippen molar-refractivity contribution in [2.24, 2.45) is 0 Å². The number of imidazole rings is 1. The van der Waals surface area contributed by atoms with Gasteiger partial charge >= 0.3 is 6.26 Å². The maximum absolute atomic E-state index is 7.63. The third-order valence-corrected chi connectivity index (χ3v) is 8.11. The van der Waals surface area contributed by atoms with Gasteiger partial charge in [0.2, 0.25) is 0 Å². The molecule has 0 amide bonds. The Balaban J connectivity index is 0.00000211. The van der Waals surface area contributed by atoms with E-state index in [1.165, 1.54) is 33.6 Å². The molecule has 0 spiro atoms. The molecule has 2 aromatic carbocycles. The minimum Gasteiger partial charge on any atom is -1.00 e. The molecule has 3 rings (SSSR count). The summed E-state index contributed by atoms with van der Waals surface area (Å²) in [7, 11) is 0. The van der Waals surface area contributed by atoms with Crippen molar-refractivity contribution < 1.29 is 17.0 Å². The standard InChI is InChI=1S/C33H50BClN3.CH2Cl2.ClH/c1-21(2)27-15-13-16-28(22(3)4)31(27)36-19-20-37(33(36)34(35)38(25(9)10)26(11)12)32-29(23(5)6)17-14-18-30(32)24(7)8;2-1-3;/h13-26H,1-12H3;1H2;1H/q+1;;/p-1. The lowest BCUT2D eigenvalue weighted by Gasteiger charge is -2.32. The van der Waals surface area contributed by atoms with Gasteiger partial charge in [0.05, 0.1) is 5.34 Å². The van der Waals surface area contributed by atoms with E-state index >= 15 is 0 Å². The zero-order chi connectivity index (χ0) is 31.2. The van der Waals surface area contributed by atoms with Crippen LogP contribution >= 0.6 is 34.7 Å². The smallest absolute Gasteiger partial charge is 0.467 e. The highest BCUT2D eigenvalue weighted by atomic mass is 35.5. The Morgan fingerprint density at radius 1 is 0.690 bits per heavy atom. The summed E-state index contributed by atoms with van der Waals surface area (Å²) in [5, 5.41) is 0.194. The highest BCUT2D eigenvalue weighted by molar-refractivity contribution is 7.11. The summed E-state index contributed by atoms with van der Waals surface area (Å²) in [6.45, 7) is 27.3. The fourth-order valence-electron chi connectivity index (χ4n) is 5.84. The third kappa shape index (κ3) is 8.72. The molecule has 0 aliphatic carbocycles. The van der Waals surface area contributed by atoms with Crippen molar-refractivity contribution in [2.45, 2.75) is 119 Å². The van der Waals surface area contributed by atoms with Crippen LogP contribution in [0.15, 0.2) is 48.8 Å². The monoisotopic (exact) mass is 653 g/mol. The zero-order valence-electron chi connectivity index (χ0n) is 27.7. The summed E-state index contributed by atoms with van der Waals surface area (Å²) in [5.41, 5.74) is 9.06. The molecule has 0 atom stereocenters. The molecular weight excluding hydrogens is 603 g/mol. The van der Waals surface area contributed by atoms with Crippen molar-refractivity contribution in [1.82, 2.24) is 9.38 Å². The molecule has 0 N–H and O–H groups in total. The topological polar surface area (TPSA) is 12.0 Å². The molecule has 0 fully saturated rings. The fourth-order valence-corrected chi connectivity index (χ4v) is 6.50. The summed E-state index contributed by atoms with van der Waals surface area (Å²) < 4.78 is 4.81. The van der Waals surface area contributed by atoms with Crippen molar-refractivity contribution in [2.75, 3.05) is 5.34 Å². The first-order valence-corrected chi connectivity index (χ1v) is 16.6. The van der Waals surface area contributed by atoms with Crippen molar-refractivity contribution in [3.05, 3.63) is 71.0 Å². The number of alkyl halides is 2. The molecule has 42 heavy (non-hydrogen) atoms. The van der Waals surface area contributed by atoms with Crippen LogP contribution < -0.4 is 22.7 Å². The van der Waals surface area contributed by atoms with Gasteiger partial charge in [-0.25, -0.2) is 9.13 Å². The first-order chi connectivity index (χ1) is 19.2. The second-order valence-electron chi connectivity index (χ2n) is 12.7. The van der Waals surface area contributed by atoms with Gasteiger partial charge in [0, 0.05) is 22.3 Å². The predicted molar refractivity (Wildman–Crippen MR) is 184 cm³/mol. The molecule has 0 aliphatic rings. The van der Waals surface area contributed by atoms with Crippen LogP contribution in [0.3, 0.4) is 0 Å². The largest absolute Gasteiger partial charge is 1.00 e. The van der Waals surface area contributed by atoms with Crippen LogP contribution in [-0.4, -0.2) is 33.1 Å². The lowest BCUT2D eigenvalue weighted by atomic mass is 9.81. The minimum absolute atomic E-state index is 0. The quantitative estimate of drug-likeness (QED) is 0.134. The van der Waals surface area contributed by atoms with Crippen LogP contribution in [0.5, 0.6) is 0 Å². The predicted octanol–water partition coefficient (Wildman–Crippen LogP) is 6.73. The Labute approximate surface area is 278 Å². The molecular formula is C34H52BCl4N3. The zero-order valence-corrected chi connectivity index (χ0v) is 30.7. The van der Waals surface area contributed by atoms with Gasteiger partial charge in [0.15, 0.2) is 0 Å². The molecule has 0 bridgehead atoms. The van der Waals surface area contributed by atoms with E-state index in [2.05, 4.69) is 146 Å². The number of nitrogens with zero attached hydrogens (tertiary/aromatic N) is 3. The second kappa shape index (κ2) is 17.4. The van der Waals surface area contributed by atoms with E-state index in [9.17, 15) is 0 Å². The number of rotatable bonds is 10. The number of hydrogen-bond acceptors (Lipinski definition) is 1. The van der Waals surface area contributed by atoms with Crippen molar-refractivity contribution in [3.63, 3.8) is 0 Å². The van der Waals surface area contributed by atoms with Crippen molar-refractivity contribution >= 4 is 46.6 Å². The van der Waals surface area contributed by atoms with Gasteiger partial charge in [-0.2, -0.15) is 11.5 Å². The van der Waals surface area contributed by atoms with E-state index in [4.69, 9.17) is 34.7 Å². The summed E-state index contributed by atoms with van der Waals surface area (Å²) >= 11 is 17.2. The highest BCUT2D eigenvalue weighted by Gasteiger charge is 2.41. The number of halogens is 4. The molecule has 0 saturated heterocycles. The van der Waals surface area contributed by atoms with Crippen LogP contribution in [0.2, 0.25) is 0 Å². The lowest BCUT2D eigenvalue weighted by Crippen LogP contribution is -3.00. The normalized spacial score (nSPS) is 11.7. The van der Waals surface area contributed by atoms with Gasteiger partial charge < -0.3 is 17.2 Å². The third-order valence-electron chi connectivity index (χ3n) is 7.69. The van der Waals surface area contributed by atoms with Gasteiger partial charge in [0.25, 0.3) is 5.72 Å². The Hall–Kier alpha value is -1.17. The molecule has 0 saturated carbocycles. The molecule has 0 radical (unpaired) electrons. The first kappa shape index (κ1) is 38.9. The van der Waals surface area contributed by atoms with Crippen LogP contribution in [0.4, 0.5) is 0 Å². The van der Waals surface area contributed by atoms with Gasteiger partial charge in [-0.3, -0.25) is 0 Å². The average molecular weight is 655 g/mol.